The molecular formula is C17H30O. The first-order valence-corrected chi connectivity index (χ1v) is 7.79. The van der Waals surface area contributed by atoms with Crippen LogP contribution in [0.3, 0.4) is 0 Å². The molecule has 0 amide bonds. The van der Waals surface area contributed by atoms with Gasteiger partial charge in [-0.05, 0) is 38.5 Å². The largest absolute Gasteiger partial charge is 0.369 e. The van der Waals surface area contributed by atoms with Gasteiger partial charge in [0.25, 0.3) is 0 Å². The van der Waals surface area contributed by atoms with Gasteiger partial charge in [0.1, 0.15) is 0 Å². The van der Waals surface area contributed by atoms with Crippen molar-refractivity contribution in [3.8, 4) is 0 Å². The fourth-order valence-corrected chi connectivity index (χ4v) is 2.31. The Bertz CT molecular complexity index is 232. The fourth-order valence-electron chi connectivity index (χ4n) is 2.31. The SMILES string of the molecule is C=CCCCCCC1OC1C/C=C/CCCCC. The Kier molecular flexibility index (Phi) is 8.93. The molecule has 2 atom stereocenters. The van der Waals surface area contributed by atoms with Crippen molar-refractivity contribution in [1.29, 1.82) is 0 Å². The molecule has 1 saturated heterocycles. The van der Waals surface area contributed by atoms with Crippen LogP contribution in [-0.4, -0.2) is 12.2 Å². The molecule has 0 aromatic heterocycles. The van der Waals surface area contributed by atoms with Crippen molar-refractivity contribution in [2.24, 2.45) is 0 Å². The molecule has 0 aromatic carbocycles. The highest BCUT2D eigenvalue weighted by atomic mass is 16.6. The highest BCUT2D eigenvalue weighted by molar-refractivity contribution is 4.93. The highest BCUT2D eigenvalue weighted by Gasteiger charge is 2.36. The van der Waals surface area contributed by atoms with Gasteiger partial charge in [0.05, 0.1) is 12.2 Å². The third kappa shape index (κ3) is 7.71. The lowest BCUT2D eigenvalue weighted by molar-refractivity contribution is 0.358. The number of ether oxygens (including phenoxy) is 1. The van der Waals surface area contributed by atoms with Crippen LogP contribution >= 0.6 is 0 Å². The minimum atomic E-state index is 0.534. The summed E-state index contributed by atoms with van der Waals surface area (Å²) in [7, 11) is 0. The van der Waals surface area contributed by atoms with Gasteiger partial charge in [-0.1, -0.05) is 50.8 Å². The van der Waals surface area contributed by atoms with Crippen molar-refractivity contribution in [2.75, 3.05) is 0 Å². The number of unbranched alkanes of at least 4 members (excludes halogenated alkanes) is 6. The molecule has 0 aliphatic carbocycles. The predicted octanol–water partition coefficient (Wildman–Crippen LogP) is 5.42. The van der Waals surface area contributed by atoms with Crippen molar-refractivity contribution in [2.45, 2.75) is 83.3 Å². The molecule has 0 N–H and O–H groups in total. The number of epoxide rings is 1. The zero-order chi connectivity index (χ0) is 13.1. The van der Waals surface area contributed by atoms with E-state index in [1.165, 1.54) is 51.4 Å². The Morgan fingerprint density at radius 3 is 2.56 bits per heavy atom. The van der Waals surface area contributed by atoms with E-state index < -0.39 is 0 Å². The van der Waals surface area contributed by atoms with Gasteiger partial charge >= 0.3 is 0 Å². The molecule has 0 spiro atoms. The molecule has 2 unspecified atom stereocenters. The summed E-state index contributed by atoms with van der Waals surface area (Å²) >= 11 is 0. The van der Waals surface area contributed by atoms with Crippen molar-refractivity contribution < 1.29 is 4.74 Å². The molecule has 0 bridgehead atoms. The van der Waals surface area contributed by atoms with Crippen molar-refractivity contribution in [1.82, 2.24) is 0 Å². The summed E-state index contributed by atoms with van der Waals surface area (Å²) < 4.78 is 5.68. The van der Waals surface area contributed by atoms with E-state index in [2.05, 4.69) is 25.7 Å². The number of hydrogen-bond donors (Lipinski definition) is 0. The number of rotatable bonds is 12. The molecule has 1 heterocycles. The summed E-state index contributed by atoms with van der Waals surface area (Å²) in [6, 6.07) is 0. The normalized spacial score (nSPS) is 22.5. The lowest BCUT2D eigenvalue weighted by atomic mass is 10.1. The standard InChI is InChI=1S/C17H30O/c1-3-5-7-9-11-13-15-17-16(18-17)14-12-10-8-6-4-2/h4,11,13,16-17H,2-3,5-10,12,14-15H2,1H3/b13-11+. The molecule has 1 rings (SSSR count). The minimum absolute atomic E-state index is 0.534. The summed E-state index contributed by atoms with van der Waals surface area (Å²) in [5, 5.41) is 0. The smallest absolute Gasteiger partial charge is 0.0876 e. The van der Waals surface area contributed by atoms with Crippen LogP contribution in [0.4, 0.5) is 0 Å². The van der Waals surface area contributed by atoms with E-state index in [0.29, 0.717) is 12.2 Å². The zero-order valence-corrected chi connectivity index (χ0v) is 12.1. The van der Waals surface area contributed by atoms with Gasteiger partial charge in [-0.2, -0.15) is 0 Å². The molecule has 0 aromatic rings. The first kappa shape index (κ1) is 15.5. The molecule has 104 valence electrons. The molecule has 0 radical (unpaired) electrons. The van der Waals surface area contributed by atoms with E-state index in [9.17, 15) is 0 Å². The lowest BCUT2D eigenvalue weighted by Gasteiger charge is -1.96. The van der Waals surface area contributed by atoms with Crippen LogP contribution in [0.25, 0.3) is 0 Å². The Morgan fingerprint density at radius 2 is 1.78 bits per heavy atom. The number of hydrogen-bond acceptors (Lipinski definition) is 1. The Labute approximate surface area is 113 Å². The van der Waals surface area contributed by atoms with E-state index in [4.69, 9.17) is 4.74 Å². The van der Waals surface area contributed by atoms with Gasteiger partial charge in [-0.15, -0.1) is 6.58 Å². The van der Waals surface area contributed by atoms with Gasteiger partial charge in [0, 0.05) is 0 Å². The molecule has 1 heteroatoms. The van der Waals surface area contributed by atoms with Gasteiger partial charge in [-0.3, -0.25) is 0 Å². The van der Waals surface area contributed by atoms with E-state index in [0.717, 1.165) is 12.8 Å². The van der Waals surface area contributed by atoms with Crippen LogP contribution in [0, 0.1) is 0 Å². The summed E-state index contributed by atoms with van der Waals surface area (Å²) in [6.07, 6.45) is 20.5. The summed E-state index contributed by atoms with van der Waals surface area (Å²) in [5.74, 6) is 0. The topological polar surface area (TPSA) is 12.5 Å². The van der Waals surface area contributed by atoms with Crippen LogP contribution in [0.15, 0.2) is 24.8 Å². The molecule has 1 fully saturated rings. The molecule has 1 nitrogen and oxygen atoms in total. The summed E-state index contributed by atoms with van der Waals surface area (Å²) in [4.78, 5) is 0. The highest BCUT2D eigenvalue weighted by Crippen LogP contribution is 2.30. The molecule has 1 aliphatic rings. The van der Waals surface area contributed by atoms with Gasteiger partial charge < -0.3 is 4.74 Å². The maximum Gasteiger partial charge on any atom is 0.0876 e. The monoisotopic (exact) mass is 250 g/mol. The average molecular weight is 250 g/mol. The zero-order valence-electron chi connectivity index (χ0n) is 12.1. The second kappa shape index (κ2) is 10.4. The summed E-state index contributed by atoms with van der Waals surface area (Å²) in [6.45, 7) is 6.00. The molecule has 0 saturated carbocycles. The molecular weight excluding hydrogens is 220 g/mol. The third-order valence-corrected chi connectivity index (χ3v) is 3.59. The maximum atomic E-state index is 5.68. The predicted molar refractivity (Wildman–Crippen MR) is 79.8 cm³/mol. The van der Waals surface area contributed by atoms with Crippen molar-refractivity contribution in [3.63, 3.8) is 0 Å². The van der Waals surface area contributed by atoms with E-state index in [1.54, 1.807) is 0 Å². The fraction of sp³-hybridized carbons (Fsp3) is 0.765. The van der Waals surface area contributed by atoms with Gasteiger partial charge in [0.15, 0.2) is 0 Å². The van der Waals surface area contributed by atoms with Crippen LogP contribution in [0.2, 0.25) is 0 Å². The van der Waals surface area contributed by atoms with E-state index in [1.807, 2.05) is 6.08 Å². The Morgan fingerprint density at radius 1 is 0.944 bits per heavy atom. The first-order chi connectivity index (χ1) is 8.88. The second-order valence-corrected chi connectivity index (χ2v) is 5.34. The Hall–Kier alpha value is -0.560. The lowest BCUT2D eigenvalue weighted by Crippen LogP contribution is -1.92. The third-order valence-electron chi connectivity index (χ3n) is 3.59. The second-order valence-electron chi connectivity index (χ2n) is 5.34. The van der Waals surface area contributed by atoms with Crippen molar-refractivity contribution in [3.05, 3.63) is 24.8 Å². The summed E-state index contributed by atoms with van der Waals surface area (Å²) in [5.41, 5.74) is 0. The van der Waals surface area contributed by atoms with Crippen LogP contribution < -0.4 is 0 Å². The minimum Gasteiger partial charge on any atom is -0.369 e. The first-order valence-electron chi connectivity index (χ1n) is 7.79. The van der Waals surface area contributed by atoms with E-state index in [-0.39, 0.29) is 0 Å². The van der Waals surface area contributed by atoms with E-state index >= 15 is 0 Å². The van der Waals surface area contributed by atoms with Crippen LogP contribution in [0.1, 0.15) is 71.1 Å². The van der Waals surface area contributed by atoms with Gasteiger partial charge in [0.2, 0.25) is 0 Å². The maximum absolute atomic E-state index is 5.68. The molecule has 1 aliphatic heterocycles. The van der Waals surface area contributed by atoms with Crippen molar-refractivity contribution >= 4 is 0 Å². The Balaban J connectivity index is 1.86. The van der Waals surface area contributed by atoms with Crippen LogP contribution in [-0.2, 0) is 4.74 Å². The molecule has 18 heavy (non-hydrogen) atoms. The number of allylic oxidation sites excluding steroid dienone is 2. The quantitative estimate of drug-likeness (QED) is 0.256. The van der Waals surface area contributed by atoms with Gasteiger partial charge in [-0.25, -0.2) is 0 Å². The van der Waals surface area contributed by atoms with Crippen LogP contribution in [0.5, 0.6) is 0 Å². The average Bonchev–Trinajstić information content (AvgIpc) is 3.12.